The Morgan fingerprint density at radius 2 is 1.55 bits per heavy atom. The van der Waals surface area contributed by atoms with Crippen molar-refractivity contribution in [2.24, 2.45) is 5.73 Å². The average molecular weight is 344 g/mol. The van der Waals surface area contributed by atoms with Crippen LogP contribution in [0.15, 0.2) is 46.9 Å². The zero-order valence-electron chi connectivity index (χ0n) is 10.0. The molecule has 0 aliphatic heterocycles. The lowest BCUT2D eigenvalue weighted by molar-refractivity contribution is -0.137. The molecule has 0 heterocycles. The molecule has 0 aromatic heterocycles. The van der Waals surface area contributed by atoms with Gasteiger partial charge in [-0.15, -0.1) is 0 Å². The highest BCUT2D eigenvalue weighted by Gasteiger charge is 2.29. The van der Waals surface area contributed by atoms with Crippen molar-refractivity contribution in [3.8, 4) is 11.1 Å². The minimum absolute atomic E-state index is 0.280. The third-order valence-electron chi connectivity index (χ3n) is 2.78. The minimum Gasteiger partial charge on any atom is -0.366 e. The van der Waals surface area contributed by atoms with Gasteiger partial charge in [0.1, 0.15) is 0 Å². The Bertz CT molecular complexity index is 650. The van der Waals surface area contributed by atoms with Crippen LogP contribution in [0.5, 0.6) is 0 Å². The molecule has 2 aromatic carbocycles. The number of hydrogen-bond donors (Lipinski definition) is 1. The van der Waals surface area contributed by atoms with E-state index in [-0.39, 0.29) is 5.56 Å². The van der Waals surface area contributed by atoms with Crippen LogP contribution < -0.4 is 5.73 Å². The van der Waals surface area contributed by atoms with Crippen LogP contribution in [0.2, 0.25) is 0 Å². The Hall–Kier alpha value is -1.82. The quantitative estimate of drug-likeness (QED) is 0.870. The molecule has 2 rings (SSSR count). The monoisotopic (exact) mass is 343 g/mol. The van der Waals surface area contributed by atoms with Crippen molar-refractivity contribution in [3.63, 3.8) is 0 Å². The lowest BCUT2D eigenvalue weighted by Gasteiger charge is -2.09. The highest BCUT2D eigenvalue weighted by atomic mass is 79.9. The average Bonchev–Trinajstić information content (AvgIpc) is 2.38. The first-order chi connectivity index (χ1) is 9.29. The van der Waals surface area contributed by atoms with Gasteiger partial charge in [0.15, 0.2) is 0 Å². The smallest absolute Gasteiger partial charge is 0.366 e. The molecule has 0 spiro atoms. The van der Waals surface area contributed by atoms with E-state index in [9.17, 15) is 18.0 Å². The lowest BCUT2D eigenvalue weighted by Crippen LogP contribution is -2.11. The lowest BCUT2D eigenvalue weighted by atomic mass is 10.0. The highest BCUT2D eigenvalue weighted by molar-refractivity contribution is 9.10. The van der Waals surface area contributed by atoms with E-state index < -0.39 is 17.6 Å². The zero-order valence-corrected chi connectivity index (χ0v) is 11.6. The van der Waals surface area contributed by atoms with Crippen molar-refractivity contribution < 1.29 is 18.0 Å². The van der Waals surface area contributed by atoms with Crippen LogP contribution in [0.4, 0.5) is 13.2 Å². The molecular weight excluding hydrogens is 335 g/mol. The molecule has 2 aromatic rings. The second kappa shape index (κ2) is 5.28. The van der Waals surface area contributed by atoms with E-state index in [2.05, 4.69) is 15.9 Å². The van der Waals surface area contributed by atoms with E-state index in [1.807, 2.05) is 0 Å². The van der Waals surface area contributed by atoms with Crippen LogP contribution in [0, 0.1) is 0 Å². The molecule has 0 fully saturated rings. The largest absolute Gasteiger partial charge is 0.416 e. The summed E-state index contributed by atoms with van der Waals surface area (Å²) in [5.41, 5.74) is 5.99. The van der Waals surface area contributed by atoms with Crippen LogP contribution >= 0.6 is 15.9 Å². The highest BCUT2D eigenvalue weighted by Crippen LogP contribution is 2.31. The SMILES string of the molecule is NC(=O)c1cc(-c2ccc(C(F)(F)F)cc2)ccc1Br. The molecule has 0 bridgehead atoms. The summed E-state index contributed by atoms with van der Waals surface area (Å²) in [6.45, 7) is 0. The van der Waals surface area contributed by atoms with Gasteiger partial charge in [0, 0.05) is 4.47 Å². The van der Waals surface area contributed by atoms with Crippen LogP contribution in [0.1, 0.15) is 15.9 Å². The molecule has 2 nitrogen and oxygen atoms in total. The summed E-state index contributed by atoms with van der Waals surface area (Å²) in [5, 5.41) is 0. The summed E-state index contributed by atoms with van der Waals surface area (Å²) >= 11 is 3.19. The summed E-state index contributed by atoms with van der Waals surface area (Å²) in [4.78, 5) is 11.2. The number of halogens is 4. The van der Waals surface area contributed by atoms with Gasteiger partial charge < -0.3 is 5.73 Å². The molecule has 0 saturated heterocycles. The first-order valence-electron chi connectivity index (χ1n) is 5.56. The third kappa shape index (κ3) is 3.01. The Morgan fingerprint density at radius 1 is 1.00 bits per heavy atom. The van der Waals surface area contributed by atoms with Gasteiger partial charge in [-0.3, -0.25) is 4.79 Å². The van der Waals surface area contributed by atoms with Gasteiger partial charge in [0.2, 0.25) is 5.91 Å². The van der Waals surface area contributed by atoms with Crippen LogP contribution in [0.3, 0.4) is 0 Å². The number of benzene rings is 2. The Labute approximate surface area is 121 Å². The molecular formula is C14H9BrF3NO. The Kier molecular flexibility index (Phi) is 3.85. The summed E-state index contributed by atoms with van der Waals surface area (Å²) < 4.78 is 38.0. The van der Waals surface area contributed by atoms with Crippen molar-refractivity contribution >= 4 is 21.8 Å². The number of carbonyl (C=O) groups excluding carboxylic acids is 1. The number of amides is 1. The second-order valence-corrected chi connectivity index (χ2v) is 4.99. The van der Waals surface area contributed by atoms with Crippen molar-refractivity contribution in [2.45, 2.75) is 6.18 Å². The molecule has 0 atom stereocenters. The molecule has 0 saturated carbocycles. The predicted octanol–water partition coefficient (Wildman–Crippen LogP) is 4.23. The standard InChI is InChI=1S/C14H9BrF3NO/c15-12-6-3-9(7-11(12)13(19)20)8-1-4-10(5-2-8)14(16,17)18/h1-7H,(H2,19,20). The summed E-state index contributed by atoms with van der Waals surface area (Å²) in [5.74, 6) is -0.606. The molecule has 1 amide bonds. The normalized spacial score (nSPS) is 11.4. The van der Waals surface area contributed by atoms with Crippen LogP contribution in [0.25, 0.3) is 11.1 Å². The maximum atomic E-state index is 12.5. The van der Waals surface area contributed by atoms with E-state index in [0.717, 1.165) is 12.1 Å². The minimum atomic E-state index is -4.36. The van der Waals surface area contributed by atoms with Crippen molar-refractivity contribution in [2.75, 3.05) is 0 Å². The first-order valence-corrected chi connectivity index (χ1v) is 6.35. The third-order valence-corrected chi connectivity index (χ3v) is 3.47. The number of alkyl halides is 3. The molecule has 6 heteroatoms. The van der Waals surface area contributed by atoms with E-state index in [0.29, 0.717) is 15.6 Å². The fourth-order valence-electron chi connectivity index (χ4n) is 1.75. The number of hydrogen-bond acceptors (Lipinski definition) is 1. The molecule has 20 heavy (non-hydrogen) atoms. The van der Waals surface area contributed by atoms with Gasteiger partial charge in [-0.1, -0.05) is 18.2 Å². The predicted molar refractivity (Wildman–Crippen MR) is 73.1 cm³/mol. The van der Waals surface area contributed by atoms with E-state index in [1.54, 1.807) is 12.1 Å². The van der Waals surface area contributed by atoms with Crippen LogP contribution in [-0.2, 0) is 6.18 Å². The maximum absolute atomic E-state index is 12.5. The van der Waals surface area contributed by atoms with Gasteiger partial charge in [0.25, 0.3) is 0 Å². The van der Waals surface area contributed by atoms with E-state index in [4.69, 9.17) is 5.73 Å². The van der Waals surface area contributed by atoms with Gasteiger partial charge in [-0.2, -0.15) is 13.2 Å². The fourth-order valence-corrected chi connectivity index (χ4v) is 2.19. The van der Waals surface area contributed by atoms with Gasteiger partial charge in [0.05, 0.1) is 11.1 Å². The number of primary amides is 1. The first kappa shape index (κ1) is 14.6. The van der Waals surface area contributed by atoms with Crippen molar-refractivity contribution in [3.05, 3.63) is 58.1 Å². The number of nitrogens with two attached hydrogens (primary N) is 1. The molecule has 104 valence electrons. The molecule has 0 unspecified atom stereocenters. The Morgan fingerprint density at radius 3 is 2.05 bits per heavy atom. The van der Waals surface area contributed by atoms with E-state index in [1.165, 1.54) is 18.2 Å². The number of carbonyl (C=O) groups is 1. The number of rotatable bonds is 2. The van der Waals surface area contributed by atoms with Gasteiger partial charge in [-0.05, 0) is 51.3 Å². The van der Waals surface area contributed by atoms with Crippen molar-refractivity contribution in [1.82, 2.24) is 0 Å². The van der Waals surface area contributed by atoms with Crippen molar-refractivity contribution in [1.29, 1.82) is 0 Å². The zero-order chi connectivity index (χ0) is 14.9. The second-order valence-electron chi connectivity index (χ2n) is 4.13. The summed E-state index contributed by atoms with van der Waals surface area (Å²) in [7, 11) is 0. The fraction of sp³-hybridized carbons (Fsp3) is 0.0714. The molecule has 0 aliphatic carbocycles. The van der Waals surface area contributed by atoms with Gasteiger partial charge >= 0.3 is 6.18 Å². The summed E-state index contributed by atoms with van der Waals surface area (Å²) in [6.07, 6.45) is -4.36. The molecule has 0 radical (unpaired) electrons. The molecule has 2 N–H and O–H groups in total. The van der Waals surface area contributed by atoms with Gasteiger partial charge in [-0.25, -0.2) is 0 Å². The van der Waals surface area contributed by atoms with E-state index >= 15 is 0 Å². The summed E-state index contributed by atoms with van der Waals surface area (Å²) in [6, 6.07) is 9.58. The molecule has 0 aliphatic rings. The van der Waals surface area contributed by atoms with Crippen LogP contribution in [-0.4, -0.2) is 5.91 Å². The topological polar surface area (TPSA) is 43.1 Å². The Balaban J connectivity index is 2.42. The maximum Gasteiger partial charge on any atom is 0.416 e.